The van der Waals surface area contributed by atoms with Gasteiger partial charge < -0.3 is 0 Å². The van der Waals surface area contributed by atoms with Crippen molar-refractivity contribution in [3.8, 4) is 0 Å². The molecule has 1 fully saturated rings. The first-order valence-corrected chi connectivity index (χ1v) is 5.72. The van der Waals surface area contributed by atoms with Gasteiger partial charge in [0.2, 0.25) is 5.92 Å². The topological polar surface area (TPSA) is 17.8 Å². The van der Waals surface area contributed by atoms with Gasteiger partial charge in [0.05, 0.1) is 15.8 Å². The van der Waals surface area contributed by atoms with Gasteiger partial charge in [-0.2, -0.15) is 5.10 Å². The van der Waals surface area contributed by atoms with E-state index >= 15 is 0 Å². The molecule has 0 radical (unpaired) electrons. The van der Waals surface area contributed by atoms with Crippen molar-refractivity contribution in [1.29, 1.82) is 0 Å². The fourth-order valence-electron chi connectivity index (χ4n) is 1.80. The Morgan fingerprint density at radius 1 is 1.43 bits per heavy atom. The fraction of sp³-hybridized carbons (Fsp3) is 0.667. The van der Waals surface area contributed by atoms with Crippen LogP contribution in [0.2, 0.25) is 0 Å². The summed E-state index contributed by atoms with van der Waals surface area (Å²) in [5, 5.41) is 4.15. The van der Waals surface area contributed by atoms with Crippen molar-refractivity contribution in [2.24, 2.45) is 0 Å². The normalized spacial score (nSPS) is 22.5. The van der Waals surface area contributed by atoms with Crippen molar-refractivity contribution in [3.63, 3.8) is 0 Å². The van der Waals surface area contributed by atoms with Crippen LogP contribution < -0.4 is 0 Å². The molecule has 78 valence electrons. The largest absolute Gasteiger partial charge is 0.269 e. The van der Waals surface area contributed by atoms with Gasteiger partial charge in [0.1, 0.15) is 0 Å². The van der Waals surface area contributed by atoms with Crippen LogP contribution in [0.25, 0.3) is 0 Å². The second-order valence-corrected chi connectivity index (χ2v) is 4.97. The first kappa shape index (κ1) is 10.3. The molecular formula is C9H11F2IN2. The molecule has 5 heteroatoms. The summed E-state index contributed by atoms with van der Waals surface area (Å²) < 4.78 is 28.6. The number of alkyl halides is 2. The summed E-state index contributed by atoms with van der Waals surface area (Å²) in [7, 11) is 0. The molecule has 0 atom stereocenters. The molecule has 1 saturated carbocycles. The summed E-state index contributed by atoms with van der Waals surface area (Å²) in [6, 6.07) is 0.165. The maximum atomic E-state index is 12.9. The minimum Gasteiger partial charge on any atom is -0.269 e. The SMILES string of the molecule is FC1(F)CCC(n2cc(I)cn2)CC1. The standard InChI is InChI=1S/C9H11F2IN2/c10-9(11)3-1-8(2-4-9)14-6-7(12)5-13-14/h5-6,8H,1-4H2. The zero-order valence-corrected chi connectivity index (χ0v) is 9.75. The van der Waals surface area contributed by atoms with E-state index in [2.05, 4.69) is 27.7 Å². The molecule has 1 heterocycles. The van der Waals surface area contributed by atoms with Crippen LogP contribution in [0.15, 0.2) is 12.4 Å². The van der Waals surface area contributed by atoms with Crippen molar-refractivity contribution in [3.05, 3.63) is 16.0 Å². The highest BCUT2D eigenvalue weighted by molar-refractivity contribution is 14.1. The molecule has 0 spiro atoms. The first-order chi connectivity index (χ1) is 6.57. The van der Waals surface area contributed by atoms with Gasteiger partial charge in [0, 0.05) is 19.0 Å². The van der Waals surface area contributed by atoms with Gasteiger partial charge in [0.15, 0.2) is 0 Å². The predicted molar refractivity (Wildman–Crippen MR) is 57.4 cm³/mol. The third kappa shape index (κ3) is 2.24. The molecule has 1 aliphatic rings. The molecule has 2 nitrogen and oxygen atoms in total. The maximum absolute atomic E-state index is 12.9. The average molecular weight is 312 g/mol. The Bertz CT molecular complexity index is 314. The summed E-state index contributed by atoms with van der Waals surface area (Å²) in [4.78, 5) is 0. The maximum Gasteiger partial charge on any atom is 0.248 e. The molecule has 0 amide bonds. The highest BCUT2D eigenvalue weighted by atomic mass is 127. The zero-order valence-electron chi connectivity index (χ0n) is 7.59. The number of hydrogen-bond donors (Lipinski definition) is 0. The summed E-state index contributed by atoms with van der Waals surface area (Å²) in [5.74, 6) is -2.45. The minimum absolute atomic E-state index is 0.00585. The van der Waals surface area contributed by atoms with E-state index in [1.54, 1.807) is 6.20 Å². The lowest BCUT2D eigenvalue weighted by Crippen LogP contribution is -2.26. The summed E-state index contributed by atoms with van der Waals surface area (Å²) in [6.45, 7) is 0. The van der Waals surface area contributed by atoms with Crippen molar-refractivity contribution in [2.75, 3.05) is 0 Å². The first-order valence-electron chi connectivity index (χ1n) is 4.64. The number of aromatic nitrogens is 2. The van der Waals surface area contributed by atoms with Crippen LogP contribution in [0.4, 0.5) is 8.78 Å². The van der Waals surface area contributed by atoms with Gasteiger partial charge in [-0.05, 0) is 35.4 Å². The van der Waals surface area contributed by atoms with Gasteiger partial charge in [0.25, 0.3) is 0 Å². The summed E-state index contributed by atoms with van der Waals surface area (Å²) in [6.07, 6.45) is 4.72. The molecule has 14 heavy (non-hydrogen) atoms. The molecular weight excluding hydrogens is 301 g/mol. The average Bonchev–Trinajstić information content (AvgIpc) is 2.52. The van der Waals surface area contributed by atoms with Crippen LogP contribution in [-0.4, -0.2) is 15.7 Å². The molecule has 0 bridgehead atoms. The molecule has 1 aromatic heterocycles. The van der Waals surface area contributed by atoms with Gasteiger partial charge in [-0.3, -0.25) is 4.68 Å². The van der Waals surface area contributed by atoms with Crippen LogP contribution in [-0.2, 0) is 0 Å². The van der Waals surface area contributed by atoms with Crippen LogP contribution in [0.1, 0.15) is 31.7 Å². The summed E-state index contributed by atoms with van der Waals surface area (Å²) >= 11 is 2.17. The molecule has 0 aromatic carbocycles. The molecule has 1 aliphatic carbocycles. The Hall–Kier alpha value is -0.200. The number of nitrogens with zero attached hydrogens (tertiary/aromatic N) is 2. The predicted octanol–water partition coefficient (Wildman–Crippen LogP) is 3.24. The number of rotatable bonds is 1. The second kappa shape index (κ2) is 3.75. The Labute approximate surface area is 94.8 Å². The number of halogens is 3. The van der Waals surface area contributed by atoms with E-state index in [0.29, 0.717) is 12.8 Å². The smallest absolute Gasteiger partial charge is 0.248 e. The third-order valence-electron chi connectivity index (χ3n) is 2.63. The lowest BCUT2D eigenvalue weighted by atomic mass is 9.92. The summed E-state index contributed by atoms with van der Waals surface area (Å²) in [5.41, 5.74) is 0. The Morgan fingerprint density at radius 2 is 2.07 bits per heavy atom. The quantitative estimate of drug-likeness (QED) is 0.728. The monoisotopic (exact) mass is 312 g/mol. The lowest BCUT2D eigenvalue weighted by Gasteiger charge is -2.28. The van der Waals surface area contributed by atoms with E-state index in [4.69, 9.17) is 0 Å². The number of hydrogen-bond acceptors (Lipinski definition) is 1. The van der Waals surface area contributed by atoms with Crippen LogP contribution in [0.5, 0.6) is 0 Å². The van der Waals surface area contributed by atoms with E-state index in [0.717, 1.165) is 3.57 Å². The Balaban J connectivity index is 2.02. The zero-order chi connectivity index (χ0) is 10.2. The van der Waals surface area contributed by atoms with E-state index in [9.17, 15) is 8.78 Å². The van der Waals surface area contributed by atoms with Gasteiger partial charge in [-0.25, -0.2) is 8.78 Å². The van der Waals surface area contributed by atoms with Crippen LogP contribution >= 0.6 is 22.6 Å². The second-order valence-electron chi connectivity index (χ2n) is 3.73. The highest BCUT2D eigenvalue weighted by Crippen LogP contribution is 2.38. The minimum atomic E-state index is -2.45. The lowest BCUT2D eigenvalue weighted by molar-refractivity contribution is -0.0449. The van der Waals surface area contributed by atoms with E-state index in [-0.39, 0.29) is 18.9 Å². The van der Waals surface area contributed by atoms with E-state index in [1.165, 1.54) is 0 Å². The Kier molecular flexibility index (Phi) is 2.77. The van der Waals surface area contributed by atoms with Gasteiger partial charge in [-0.15, -0.1) is 0 Å². The fourth-order valence-corrected chi connectivity index (χ4v) is 2.21. The van der Waals surface area contributed by atoms with Crippen molar-refractivity contribution in [1.82, 2.24) is 9.78 Å². The molecule has 0 N–H and O–H groups in total. The molecule has 0 unspecified atom stereocenters. The molecule has 0 saturated heterocycles. The van der Waals surface area contributed by atoms with Crippen molar-refractivity contribution in [2.45, 2.75) is 37.6 Å². The van der Waals surface area contributed by atoms with Gasteiger partial charge in [-0.1, -0.05) is 0 Å². The Morgan fingerprint density at radius 3 is 2.57 bits per heavy atom. The van der Waals surface area contributed by atoms with E-state index in [1.807, 2.05) is 10.9 Å². The molecule has 0 aliphatic heterocycles. The van der Waals surface area contributed by atoms with Gasteiger partial charge >= 0.3 is 0 Å². The van der Waals surface area contributed by atoms with E-state index < -0.39 is 5.92 Å². The molecule has 1 aromatic rings. The van der Waals surface area contributed by atoms with Crippen LogP contribution in [0.3, 0.4) is 0 Å². The van der Waals surface area contributed by atoms with Crippen molar-refractivity contribution < 1.29 is 8.78 Å². The van der Waals surface area contributed by atoms with Crippen molar-refractivity contribution >= 4 is 22.6 Å². The highest BCUT2D eigenvalue weighted by Gasteiger charge is 2.35. The molecule has 2 rings (SSSR count). The third-order valence-corrected chi connectivity index (χ3v) is 3.19. The van der Waals surface area contributed by atoms with Crippen LogP contribution in [0, 0.1) is 3.57 Å².